The number of aryl methyl sites for hydroxylation is 1. The van der Waals surface area contributed by atoms with Crippen molar-refractivity contribution in [2.75, 3.05) is 0 Å². The Morgan fingerprint density at radius 3 is 2.26 bits per heavy atom. The van der Waals surface area contributed by atoms with Gasteiger partial charge in [-0.15, -0.1) is 11.3 Å². The number of aromatic nitrogens is 2. The fourth-order valence-electron chi connectivity index (χ4n) is 6.72. The van der Waals surface area contributed by atoms with Crippen LogP contribution in [0.2, 0.25) is 0 Å². The van der Waals surface area contributed by atoms with E-state index in [2.05, 4.69) is 130 Å². The van der Waals surface area contributed by atoms with Gasteiger partial charge in [0.25, 0.3) is 0 Å². The molecule has 5 aromatic carbocycles. The fourth-order valence-corrected chi connectivity index (χ4v) is 7.96. The fraction of sp³-hybridized carbons (Fsp3) is 0.0556. The molecule has 0 fully saturated rings. The SMILES string of the molecule is C1=Cc2c(c3ccccc3n2-c2ccc3c(c2)c2ccc4c5ccccc5sc4c2n3-c2ccccc2)CC1. The van der Waals surface area contributed by atoms with Crippen LogP contribution in [-0.2, 0) is 6.42 Å². The predicted octanol–water partition coefficient (Wildman–Crippen LogP) is 10.1. The molecule has 0 saturated carbocycles. The van der Waals surface area contributed by atoms with E-state index in [1.165, 1.54) is 75.5 Å². The number of benzene rings is 5. The average Bonchev–Trinajstić information content (AvgIpc) is 3.65. The molecule has 0 amide bonds. The molecule has 0 saturated heterocycles. The van der Waals surface area contributed by atoms with Crippen molar-refractivity contribution in [3.63, 3.8) is 0 Å². The minimum atomic E-state index is 1.10. The van der Waals surface area contributed by atoms with Crippen LogP contribution in [0.4, 0.5) is 0 Å². The maximum absolute atomic E-state index is 2.47. The smallest absolute Gasteiger partial charge is 0.0719 e. The van der Waals surface area contributed by atoms with Crippen molar-refractivity contribution >= 4 is 70.3 Å². The van der Waals surface area contributed by atoms with Gasteiger partial charge in [-0.2, -0.15) is 0 Å². The molecule has 3 aromatic heterocycles. The van der Waals surface area contributed by atoms with E-state index in [9.17, 15) is 0 Å². The molecule has 0 N–H and O–H groups in total. The van der Waals surface area contributed by atoms with E-state index in [1.807, 2.05) is 11.3 Å². The van der Waals surface area contributed by atoms with Crippen molar-refractivity contribution in [3.8, 4) is 11.4 Å². The third kappa shape index (κ3) is 2.91. The first-order valence-electron chi connectivity index (χ1n) is 13.6. The van der Waals surface area contributed by atoms with Crippen LogP contribution in [-0.4, -0.2) is 9.13 Å². The molecule has 0 radical (unpaired) electrons. The van der Waals surface area contributed by atoms with E-state index < -0.39 is 0 Å². The van der Waals surface area contributed by atoms with Gasteiger partial charge in [-0.05, 0) is 66.9 Å². The molecule has 3 heteroatoms. The van der Waals surface area contributed by atoms with Crippen LogP contribution in [0.3, 0.4) is 0 Å². The summed E-state index contributed by atoms with van der Waals surface area (Å²) in [6, 6.07) is 40.2. The summed E-state index contributed by atoms with van der Waals surface area (Å²) in [4.78, 5) is 0. The molecule has 184 valence electrons. The quantitative estimate of drug-likeness (QED) is 0.216. The minimum Gasteiger partial charge on any atom is -0.310 e. The summed E-state index contributed by atoms with van der Waals surface area (Å²) in [5.74, 6) is 0. The zero-order valence-corrected chi connectivity index (χ0v) is 22.1. The summed E-state index contributed by atoms with van der Waals surface area (Å²) in [6.45, 7) is 0. The van der Waals surface area contributed by atoms with Crippen LogP contribution < -0.4 is 0 Å². The van der Waals surface area contributed by atoms with Gasteiger partial charge in [0, 0.05) is 48.7 Å². The highest BCUT2D eigenvalue weighted by molar-refractivity contribution is 7.26. The molecular formula is C36H24N2S. The van der Waals surface area contributed by atoms with Crippen LogP contribution in [0, 0.1) is 0 Å². The third-order valence-electron chi connectivity index (χ3n) is 8.39. The van der Waals surface area contributed by atoms with Gasteiger partial charge in [-0.3, -0.25) is 0 Å². The first-order valence-corrected chi connectivity index (χ1v) is 14.4. The second kappa shape index (κ2) is 7.95. The van der Waals surface area contributed by atoms with Crippen LogP contribution in [0.15, 0.2) is 115 Å². The molecule has 0 spiro atoms. The highest BCUT2D eigenvalue weighted by atomic mass is 32.1. The number of nitrogens with zero attached hydrogens (tertiary/aromatic N) is 2. The molecule has 0 bridgehead atoms. The summed E-state index contributed by atoms with van der Waals surface area (Å²) < 4.78 is 7.61. The number of rotatable bonds is 2. The van der Waals surface area contributed by atoms with Crippen LogP contribution in [0.1, 0.15) is 17.7 Å². The van der Waals surface area contributed by atoms with E-state index in [-0.39, 0.29) is 0 Å². The Morgan fingerprint density at radius 1 is 0.564 bits per heavy atom. The van der Waals surface area contributed by atoms with E-state index in [0.29, 0.717) is 0 Å². The van der Waals surface area contributed by atoms with Gasteiger partial charge in [0.05, 0.1) is 21.3 Å². The summed E-state index contributed by atoms with van der Waals surface area (Å²) in [7, 11) is 0. The molecule has 0 atom stereocenters. The number of thiophene rings is 1. The molecule has 1 aliphatic carbocycles. The molecule has 0 aliphatic heterocycles. The standard InChI is InChI=1S/C36H24N2S/c1-2-10-23(11-3-1)38-33-21-18-24(37-31-15-7-4-12-25(31)26-13-5-8-16-32(26)37)22-30(33)28-19-20-29-27-14-6-9-17-34(27)39-36(29)35(28)38/h1-4,6-12,14-22H,5,13H2. The monoisotopic (exact) mass is 516 g/mol. The van der Waals surface area contributed by atoms with Crippen molar-refractivity contribution in [1.82, 2.24) is 9.13 Å². The lowest BCUT2D eigenvalue weighted by Gasteiger charge is -2.13. The van der Waals surface area contributed by atoms with Gasteiger partial charge in [0.15, 0.2) is 0 Å². The van der Waals surface area contributed by atoms with Gasteiger partial charge in [0.1, 0.15) is 0 Å². The zero-order valence-electron chi connectivity index (χ0n) is 21.3. The molecule has 0 unspecified atom stereocenters. The molecule has 39 heavy (non-hydrogen) atoms. The molecule has 9 rings (SSSR count). The Morgan fingerprint density at radius 2 is 1.33 bits per heavy atom. The van der Waals surface area contributed by atoms with Crippen molar-refractivity contribution in [2.24, 2.45) is 0 Å². The number of allylic oxidation sites excluding steroid dienone is 1. The van der Waals surface area contributed by atoms with Gasteiger partial charge in [0.2, 0.25) is 0 Å². The van der Waals surface area contributed by atoms with Gasteiger partial charge in [-0.1, -0.05) is 72.8 Å². The normalized spacial score (nSPS) is 13.3. The highest BCUT2D eigenvalue weighted by Gasteiger charge is 2.21. The van der Waals surface area contributed by atoms with E-state index in [0.717, 1.165) is 12.8 Å². The topological polar surface area (TPSA) is 9.86 Å². The van der Waals surface area contributed by atoms with E-state index in [4.69, 9.17) is 0 Å². The van der Waals surface area contributed by atoms with Gasteiger partial charge < -0.3 is 9.13 Å². The number of hydrogen-bond donors (Lipinski definition) is 0. The third-order valence-corrected chi connectivity index (χ3v) is 9.58. The van der Waals surface area contributed by atoms with E-state index in [1.54, 1.807) is 0 Å². The second-order valence-corrected chi connectivity index (χ2v) is 11.5. The largest absolute Gasteiger partial charge is 0.310 e. The highest BCUT2D eigenvalue weighted by Crippen LogP contribution is 2.44. The first kappa shape index (κ1) is 21.3. The Kier molecular flexibility index (Phi) is 4.35. The van der Waals surface area contributed by atoms with Crippen molar-refractivity contribution < 1.29 is 0 Å². The molecular weight excluding hydrogens is 492 g/mol. The number of fused-ring (bicyclic) bond motifs is 10. The molecule has 8 aromatic rings. The number of hydrogen-bond acceptors (Lipinski definition) is 1. The summed E-state index contributed by atoms with van der Waals surface area (Å²) >= 11 is 1.90. The molecule has 1 aliphatic rings. The Bertz CT molecular complexity index is 2270. The lowest BCUT2D eigenvalue weighted by atomic mass is 10.0. The number of para-hydroxylation sites is 2. The summed E-state index contributed by atoms with van der Waals surface area (Å²) in [6.07, 6.45) is 6.83. The van der Waals surface area contributed by atoms with Crippen LogP contribution in [0.25, 0.3) is 70.3 Å². The molecule has 3 heterocycles. The Labute approximate surface area is 229 Å². The maximum atomic E-state index is 2.47. The van der Waals surface area contributed by atoms with Crippen LogP contribution in [0.5, 0.6) is 0 Å². The average molecular weight is 517 g/mol. The maximum Gasteiger partial charge on any atom is 0.0719 e. The lowest BCUT2D eigenvalue weighted by Crippen LogP contribution is -2.00. The van der Waals surface area contributed by atoms with Crippen molar-refractivity contribution in [2.45, 2.75) is 12.8 Å². The first-order chi connectivity index (χ1) is 19.4. The minimum absolute atomic E-state index is 1.10. The second-order valence-electron chi connectivity index (χ2n) is 10.5. The zero-order chi connectivity index (χ0) is 25.5. The van der Waals surface area contributed by atoms with Crippen molar-refractivity contribution in [1.29, 1.82) is 0 Å². The lowest BCUT2D eigenvalue weighted by molar-refractivity contribution is 0.968. The molecule has 2 nitrogen and oxygen atoms in total. The summed E-state index contributed by atoms with van der Waals surface area (Å²) in [5.41, 5.74) is 9.02. The van der Waals surface area contributed by atoms with E-state index >= 15 is 0 Å². The summed E-state index contributed by atoms with van der Waals surface area (Å²) in [5, 5.41) is 6.63. The van der Waals surface area contributed by atoms with Gasteiger partial charge >= 0.3 is 0 Å². The van der Waals surface area contributed by atoms with Crippen LogP contribution >= 0.6 is 11.3 Å². The van der Waals surface area contributed by atoms with Crippen molar-refractivity contribution in [3.05, 3.63) is 127 Å². The van der Waals surface area contributed by atoms with Gasteiger partial charge in [-0.25, -0.2) is 0 Å². The Balaban J connectivity index is 1.42. The predicted molar refractivity (Wildman–Crippen MR) is 168 cm³/mol. The Hall–Kier alpha value is -4.60.